The SMILES string of the molecule is CCCCC[Si]Cl. The fourth-order valence-electron chi connectivity index (χ4n) is 0.442. The van der Waals surface area contributed by atoms with Gasteiger partial charge < -0.3 is 0 Å². The molecule has 0 N–H and O–H groups in total. The molecule has 0 bridgehead atoms. The third-order valence-corrected chi connectivity index (χ3v) is 1.98. The lowest BCUT2D eigenvalue weighted by atomic mass is 10.3. The van der Waals surface area contributed by atoms with Crippen LogP contribution >= 0.6 is 11.1 Å². The van der Waals surface area contributed by atoms with Gasteiger partial charge in [-0.3, -0.25) is 0 Å². The lowest BCUT2D eigenvalue weighted by molar-refractivity contribution is 0.770. The van der Waals surface area contributed by atoms with Gasteiger partial charge in [-0.15, -0.1) is 0 Å². The summed E-state index contributed by atoms with van der Waals surface area (Å²) < 4.78 is 0. The Morgan fingerprint density at radius 1 is 1.43 bits per heavy atom. The first-order valence-electron chi connectivity index (χ1n) is 2.75. The van der Waals surface area contributed by atoms with Crippen molar-refractivity contribution in [1.29, 1.82) is 0 Å². The Morgan fingerprint density at radius 2 is 2.14 bits per heavy atom. The van der Waals surface area contributed by atoms with Crippen molar-refractivity contribution in [3.8, 4) is 0 Å². The molecule has 0 rings (SSSR count). The smallest absolute Gasteiger partial charge is 0.171 e. The van der Waals surface area contributed by atoms with Crippen LogP contribution in [0.4, 0.5) is 0 Å². The zero-order valence-electron chi connectivity index (χ0n) is 4.71. The standard InChI is InChI=1S/C5H11ClSi/c1-2-3-4-5-7-6/h2-5H2,1H3. The molecule has 7 heavy (non-hydrogen) atoms. The molecule has 0 saturated heterocycles. The summed E-state index contributed by atoms with van der Waals surface area (Å²) in [5.41, 5.74) is 0. The lowest BCUT2D eigenvalue weighted by Crippen LogP contribution is -1.76. The maximum atomic E-state index is 5.47. The van der Waals surface area contributed by atoms with Crippen molar-refractivity contribution in [3.05, 3.63) is 0 Å². The summed E-state index contributed by atoms with van der Waals surface area (Å²) in [4.78, 5) is 0. The lowest BCUT2D eigenvalue weighted by Gasteiger charge is -1.88. The van der Waals surface area contributed by atoms with Crippen LogP contribution in [-0.4, -0.2) is 8.83 Å². The number of halogens is 1. The van der Waals surface area contributed by atoms with E-state index in [4.69, 9.17) is 11.1 Å². The number of hydrogen-bond donors (Lipinski definition) is 0. The Balaban J connectivity index is 2.45. The van der Waals surface area contributed by atoms with Crippen molar-refractivity contribution < 1.29 is 0 Å². The second-order valence-electron chi connectivity index (χ2n) is 1.59. The second kappa shape index (κ2) is 6.51. The fourth-order valence-corrected chi connectivity index (χ4v) is 1.23. The molecule has 0 aliphatic rings. The van der Waals surface area contributed by atoms with Crippen molar-refractivity contribution >= 4 is 19.9 Å². The summed E-state index contributed by atoms with van der Waals surface area (Å²) in [6, 6.07) is 1.22. The third-order valence-electron chi connectivity index (χ3n) is 0.875. The van der Waals surface area contributed by atoms with Crippen LogP contribution in [0, 0.1) is 0 Å². The van der Waals surface area contributed by atoms with Crippen molar-refractivity contribution in [2.75, 3.05) is 0 Å². The monoisotopic (exact) mass is 134 g/mol. The topological polar surface area (TPSA) is 0 Å². The Bertz CT molecular complexity index is 27.3. The largest absolute Gasteiger partial charge is 0.171 e. The van der Waals surface area contributed by atoms with Gasteiger partial charge in [-0.1, -0.05) is 26.2 Å². The molecular formula is C5H11ClSi. The average Bonchev–Trinajstić information content (AvgIpc) is 1.69. The molecule has 0 unspecified atom stereocenters. The highest BCUT2D eigenvalue weighted by atomic mass is 35.6. The molecule has 0 spiro atoms. The van der Waals surface area contributed by atoms with E-state index in [0.717, 1.165) is 0 Å². The van der Waals surface area contributed by atoms with E-state index in [0.29, 0.717) is 8.83 Å². The van der Waals surface area contributed by atoms with E-state index in [9.17, 15) is 0 Å². The maximum Gasteiger partial charge on any atom is 0.171 e. The summed E-state index contributed by atoms with van der Waals surface area (Å²) in [6.45, 7) is 2.21. The normalized spacial score (nSPS) is 9.43. The van der Waals surface area contributed by atoms with Crippen molar-refractivity contribution in [1.82, 2.24) is 0 Å². The van der Waals surface area contributed by atoms with Gasteiger partial charge in [-0.2, -0.15) is 11.1 Å². The van der Waals surface area contributed by atoms with Crippen molar-refractivity contribution in [2.24, 2.45) is 0 Å². The molecule has 0 nitrogen and oxygen atoms in total. The zero-order valence-corrected chi connectivity index (χ0v) is 6.46. The van der Waals surface area contributed by atoms with Gasteiger partial charge in [-0.25, -0.2) is 0 Å². The van der Waals surface area contributed by atoms with E-state index < -0.39 is 0 Å². The molecule has 0 heterocycles. The molecule has 0 aliphatic heterocycles. The van der Waals surface area contributed by atoms with E-state index >= 15 is 0 Å². The molecule has 0 aromatic carbocycles. The zero-order chi connectivity index (χ0) is 5.54. The van der Waals surface area contributed by atoms with Gasteiger partial charge in [0, 0.05) is 0 Å². The first kappa shape index (κ1) is 7.51. The highest BCUT2D eigenvalue weighted by Crippen LogP contribution is 1.98. The molecule has 42 valence electrons. The van der Waals surface area contributed by atoms with Crippen LogP contribution < -0.4 is 0 Å². The molecule has 0 aromatic heterocycles. The van der Waals surface area contributed by atoms with Crippen LogP contribution in [0.3, 0.4) is 0 Å². The first-order valence-corrected chi connectivity index (χ1v) is 4.97. The van der Waals surface area contributed by atoms with Crippen LogP contribution in [0.15, 0.2) is 0 Å². The average molecular weight is 135 g/mol. The van der Waals surface area contributed by atoms with Gasteiger partial charge in [0.15, 0.2) is 8.83 Å². The minimum absolute atomic E-state index is 0.640. The van der Waals surface area contributed by atoms with E-state index in [-0.39, 0.29) is 0 Å². The summed E-state index contributed by atoms with van der Waals surface area (Å²) in [5.74, 6) is 0. The minimum atomic E-state index is 0.640. The summed E-state index contributed by atoms with van der Waals surface area (Å²) in [5, 5.41) is 0. The van der Waals surface area contributed by atoms with Gasteiger partial charge in [0.2, 0.25) is 0 Å². The molecule has 0 aliphatic carbocycles. The summed E-state index contributed by atoms with van der Waals surface area (Å²) >= 11 is 5.47. The van der Waals surface area contributed by atoms with E-state index in [1.807, 2.05) is 0 Å². The number of rotatable bonds is 4. The van der Waals surface area contributed by atoms with Crippen molar-refractivity contribution in [2.45, 2.75) is 32.2 Å². The molecule has 2 heteroatoms. The van der Waals surface area contributed by atoms with Gasteiger partial charge >= 0.3 is 0 Å². The molecule has 2 radical (unpaired) electrons. The highest BCUT2D eigenvalue weighted by Gasteiger charge is 1.83. The third kappa shape index (κ3) is 6.51. The van der Waals surface area contributed by atoms with Crippen LogP contribution in [0.25, 0.3) is 0 Å². The predicted octanol–water partition coefficient (Wildman–Crippen LogP) is 2.45. The molecule has 0 aromatic rings. The summed E-state index contributed by atoms with van der Waals surface area (Å²) in [6.07, 6.45) is 3.97. The van der Waals surface area contributed by atoms with E-state index in [1.165, 1.54) is 25.3 Å². The number of hydrogen-bond acceptors (Lipinski definition) is 0. The Hall–Kier alpha value is 0.507. The van der Waals surface area contributed by atoms with Crippen LogP contribution in [0.5, 0.6) is 0 Å². The van der Waals surface area contributed by atoms with E-state index in [2.05, 4.69) is 6.92 Å². The van der Waals surface area contributed by atoms with Gasteiger partial charge in [-0.05, 0) is 6.04 Å². The van der Waals surface area contributed by atoms with Crippen LogP contribution in [0.1, 0.15) is 26.2 Å². The molecular weight excluding hydrogens is 124 g/mol. The minimum Gasteiger partial charge on any atom is -0.171 e. The van der Waals surface area contributed by atoms with Gasteiger partial charge in [0.1, 0.15) is 0 Å². The van der Waals surface area contributed by atoms with Crippen LogP contribution in [-0.2, 0) is 0 Å². The van der Waals surface area contributed by atoms with Gasteiger partial charge in [0.25, 0.3) is 0 Å². The molecule has 0 atom stereocenters. The number of unbranched alkanes of at least 4 members (excludes halogenated alkanes) is 2. The summed E-state index contributed by atoms with van der Waals surface area (Å²) in [7, 11) is 0.640. The first-order chi connectivity index (χ1) is 3.41. The Morgan fingerprint density at radius 3 is 2.57 bits per heavy atom. The maximum absolute atomic E-state index is 5.47. The Labute approximate surface area is 52.8 Å². The second-order valence-corrected chi connectivity index (χ2v) is 3.16. The molecule has 0 amide bonds. The molecule has 0 saturated carbocycles. The molecule has 0 fully saturated rings. The fraction of sp³-hybridized carbons (Fsp3) is 1.00. The quantitative estimate of drug-likeness (QED) is 0.315. The predicted molar refractivity (Wildman–Crippen MR) is 35.9 cm³/mol. The Kier molecular flexibility index (Phi) is 6.98. The van der Waals surface area contributed by atoms with E-state index in [1.54, 1.807) is 0 Å². The van der Waals surface area contributed by atoms with Gasteiger partial charge in [0.05, 0.1) is 0 Å². The van der Waals surface area contributed by atoms with Crippen LogP contribution in [0.2, 0.25) is 6.04 Å². The van der Waals surface area contributed by atoms with Crippen molar-refractivity contribution in [3.63, 3.8) is 0 Å². The highest BCUT2D eigenvalue weighted by molar-refractivity contribution is 6.93.